The van der Waals surface area contributed by atoms with Crippen LogP contribution in [0.5, 0.6) is 0 Å². The minimum atomic E-state index is -0.527. The van der Waals surface area contributed by atoms with Crippen molar-refractivity contribution < 1.29 is 9.53 Å². The molecule has 15 heavy (non-hydrogen) atoms. The van der Waals surface area contributed by atoms with Crippen LogP contribution in [0.4, 0.5) is 0 Å². The van der Waals surface area contributed by atoms with E-state index in [9.17, 15) is 4.79 Å². The molecule has 0 spiro atoms. The number of nitrogens with zero attached hydrogens (tertiary/aromatic N) is 1. The molecule has 1 aromatic rings. The van der Waals surface area contributed by atoms with Gasteiger partial charge in [0.15, 0.2) is 0 Å². The molecule has 1 aromatic heterocycles. The van der Waals surface area contributed by atoms with E-state index in [4.69, 9.17) is 27.9 Å². The SMILES string of the molecule is Cn1c(C(=O)OC(C)(C)C)cc(Cl)c1Cl. The average molecular weight is 250 g/mol. The minimum Gasteiger partial charge on any atom is -0.455 e. The molecule has 0 radical (unpaired) electrons. The van der Waals surface area contributed by atoms with E-state index in [-0.39, 0.29) is 0 Å². The van der Waals surface area contributed by atoms with Crippen LogP contribution in [0, 0.1) is 0 Å². The molecule has 0 fully saturated rings. The van der Waals surface area contributed by atoms with Gasteiger partial charge in [-0.15, -0.1) is 0 Å². The number of carbonyl (C=O) groups is 1. The summed E-state index contributed by atoms with van der Waals surface area (Å²) in [5, 5.41) is 0.678. The first-order chi connectivity index (χ1) is 6.72. The fourth-order valence-electron chi connectivity index (χ4n) is 1.07. The van der Waals surface area contributed by atoms with Crippen LogP contribution in [-0.2, 0) is 11.8 Å². The Kier molecular flexibility index (Phi) is 3.36. The zero-order valence-corrected chi connectivity index (χ0v) is 10.6. The molecule has 0 aliphatic carbocycles. The highest BCUT2D eigenvalue weighted by molar-refractivity contribution is 6.41. The maximum absolute atomic E-state index is 11.7. The summed E-state index contributed by atoms with van der Waals surface area (Å²) in [4.78, 5) is 11.7. The summed E-state index contributed by atoms with van der Waals surface area (Å²) in [6.07, 6.45) is 0. The van der Waals surface area contributed by atoms with Gasteiger partial charge in [-0.3, -0.25) is 0 Å². The second-order valence-corrected chi connectivity index (χ2v) is 4.99. The van der Waals surface area contributed by atoms with Crippen molar-refractivity contribution in [3.8, 4) is 0 Å². The number of esters is 1. The molecule has 0 saturated heterocycles. The van der Waals surface area contributed by atoms with Crippen LogP contribution in [0.1, 0.15) is 31.3 Å². The largest absolute Gasteiger partial charge is 0.455 e. The average Bonchev–Trinajstić information content (AvgIpc) is 2.30. The predicted molar refractivity (Wildman–Crippen MR) is 60.6 cm³/mol. The maximum Gasteiger partial charge on any atom is 0.355 e. The molecule has 0 atom stereocenters. The molecular formula is C10H13Cl2NO2. The van der Waals surface area contributed by atoms with Crippen LogP contribution in [0.15, 0.2) is 6.07 Å². The molecule has 0 unspecified atom stereocenters. The Morgan fingerprint density at radius 1 is 1.40 bits per heavy atom. The molecule has 0 saturated carbocycles. The summed E-state index contributed by atoms with van der Waals surface area (Å²) in [6.45, 7) is 5.41. The van der Waals surface area contributed by atoms with Crippen LogP contribution in [-0.4, -0.2) is 16.1 Å². The van der Waals surface area contributed by atoms with Crippen molar-refractivity contribution in [2.75, 3.05) is 0 Å². The lowest BCUT2D eigenvalue weighted by Gasteiger charge is -2.19. The van der Waals surface area contributed by atoms with Gasteiger partial charge in [-0.1, -0.05) is 23.2 Å². The summed E-state index contributed by atoms with van der Waals surface area (Å²) >= 11 is 11.6. The zero-order chi connectivity index (χ0) is 11.8. The number of aromatic nitrogens is 1. The van der Waals surface area contributed by atoms with E-state index in [1.165, 1.54) is 10.6 Å². The fourth-order valence-corrected chi connectivity index (χ4v) is 1.44. The third-order valence-corrected chi connectivity index (χ3v) is 2.57. The van der Waals surface area contributed by atoms with Gasteiger partial charge < -0.3 is 9.30 Å². The van der Waals surface area contributed by atoms with Gasteiger partial charge in [0.25, 0.3) is 0 Å². The van der Waals surface area contributed by atoms with Gasteiger partial charge in [0.2, 0.25) is 0 Å². The molecule has 0 bridgehead atoms. The predicted octanol–water partition coefficient (Wildman–Crippen LogP) is 3.29. The van der Waals surface area contributed by atoms with Crippen LogP contribution in [0.2, 0.25) is 10.2 Å². The monoisotopic (exact) mass is 249 g/mol. The van der Waals surface area contributed by atoms with Gasteiger partial charge in [0.1, 0.15) is 16.4 Å². The van der Waals surface area contributed by atoms with E-state index in [1.54, 1.807) is 27.8 Å². The number of hydrogen-bond donors (Lipinski definition) is 0. The molecule has 0 amide bonds. The number of ether oxygens (including phenoxy) is 1. The molecule has 0 aliphatic rings. The summed E-state index contributed by atoms with van der Waals surface area (Å²) in [6, 6.07) is 1.50. The summed E-state index contributed by atoms with van der Waals surface area (Å²) in [7, 11) is 1.66. The van der Waals surface area contributed by atoms with Crippen LogP contribution >= 0.6 is 23.2 Å². The van der Waals surface area contributed by atoms with Gasteiger partial charge in [-0.05, 0) is 26.8 Å². The second kappa shape index (κ2) is 4.06. The highest BCUT2D eigenvalue weighted by atomic mass is 35.5. The van der Waals surface area contributed by atoms with E-state index >= 15 is 0 Å². The molecule has 1 rings (SSSR count). The van der Waals surface area contributed by atoms with Crippen molar-refractivity contribution in [2.24, 2.45) is 7.05 Å². The topological polar surface area (TPSA) is 31.2 Å². The smallest absolute Gasteiger partial charge is 0.355 e. The summed E-state index contributed by atoms with van der Waals surface area (Å²) in [5.74, 6) is -0.432. The third kappa shape index (κ3) is 2.89. The van der Waals surface area contributed by atoms with Crippen molar-refractivity contribution in [3.63, 3.8) is 0 Å². The van der Waals surface area contributed by atoms with Crippen molar-refractivity contribution in [1.82, 2.24) is 4.57 Å². The maximum atomic E-state index is 11.7. The number of rotatable bonds is 1. The summed E-state index contributed by atoms with van der Waals surface area (Å²) < 4.78 is 6.69. The molecule has 0 aliphatic heterocycles. The highest BCUT2D eigenvalue weighted by Crippen LogP contribution is 2.26. The van der Waals surface area contributed by atoms with Crippen LogP contribution in [0.3, 0.4) is 0 Å². The lowest BCUT2D eigenvalue weighted by molar-refractivity contribution is 0.00590. The van der Waals surface area contributed by atoms with E-state index in [1.807, 2.05) is 0 Å². The standard InChI is InChI=1S/C10H13Cl2NO2/c1-10(2,3)15-9(14)7-5-6(11)8(12)13(7)4/h5H,1-4H3. The summed E-state index contributed by atoms with van der Waals surface area (Å²) in [5.41, 5.74) is -0.180. The molecule has 5 heteroatoms. The van der Waals surface area contributed by atoms with Gasteiger partial charge in [0, 0.05) is 7.05 Å². The first-order valence-electron chi connectivity index (χ1n) is 4.46. The first kappa shape index (κ1) is 12.4. The molecule has 0 aromatic carbocycles. The highest BCUT2D eigenvalue weighted by Gasteiger charge is 2.22. The van der Waals surface area contributed by atoms with E-state index in [0.29, 0.717) is 15.9 Å². The number of carbonyl (C=O) groups excluding carboxylic acids is 1. The van der Waals surface area contributed by atoms with Crippen molar-refractivity contribution >= 4 is 29.2 Å². The normalized spacial score (nSPS) is 11.6. The van der Waals surface area contributed by atoms with Crippen molar-refractivity contribution in [3.05, 3.63) is 21.9 Å². The number of hydrogen-bond acceptors (Lipinski definition) is 2. The van der Waals surface area contributed by atoms with Gasteiger partial charge in [-0.2, -0.15) is 0 Å². The van der Waals surface area contributed by atoms with Gasteiger partial charge in [0.05, 0.1) is 5.02 Å². The van der Waals surface area contributed by atoms with Crippen LogP contribution < -0.4 is 0 Å². The molecular weight excluding hydrogens is 237 g/mol. The van der Waals surface area contributed by atoms with Crippen molar-refractivity contribution in [1.29, 1.82) is 0 Å². The second-order valence-electron chi connectivity index (χ2n) is 4.23. The molecule has 84 valence electrons. The van der Waals surface area contributed by atoms with E-state index < -0.39 is 11.6 Å². The van der Waals surface area contributed by atoms with Crippen LogP contribution in [0.25, 0.3) is 0 Å². The Morgan fingerprint density at radius 3 is 2.27 bits per heavy atom. The Bertz CT molecular complexity index is 391. The molecule has 1 heterocycles. The first-order valence-corrected chi connectivity index (χ1v) is 5.22. The fraction of sp³-hybridized carbons (Fsp3) is 0.500. The minimum absolute atomic E-state index is 0.331. The Hall–Kier alpha value is -0.670. The lowest BCUT2D eigenvalue weighted by Crippen LogP contribution is -2.25. The van der Waals surface area contributed by atoms with E-state index in [2.05, 4.69) is 0 Å². The Morgan fingerprint density at radius 2 is 1.93 bits per heavy atom. The Labute approximate surface area is 98.9 Å². The molecule has 3 nitrogen and oxygen atoms in total. The quantitative estimate of drug-likeness (QED) is 0.716. The van der Waals surface area contributed by atoms with Gasteiger partial charge >= 0.3 is 5.97 Å². The molecule has 0 N–H and O–H groups in total. The van der Waals surface area contributed by atoms with Crippen molar-refractivity contribution in [2.45, 2.75) is 26.4 Å². The third-order valence-electron chi connectivity index (χ3n) is 1.72. The zero-order valence-electron chi connectivity index (χ0n) is 9.10. The Balaban J connectivity index is 2.98. The lowest BCUT2D eigenvalue weighted by atomic mass is 10.2. The van der Waals surface area contributed by atoms with Gasteiger partial charge in [-0.25, -0.2) is 4.79 Å². The number of halogens is 2. The van der Waals surface area contributed by atoms with E-state index in [0.717, 1.165) is 0 Å².